The summed E-state index contributed by atoms with van der Waals surface area (Å²) in [5, 5.41) is 0. The van der Waals surface area contributed by atoms with Crippen molar-refractivity contribution < 1.29 is 19.0 Å². The molecule has 1 aromatic rings. The van der Waals surface area contributed by atoms with E-state index < -0.39 is 12.1 Å². The maximum atomic E-state index is 11.3. The lowest BCUT2D eigenvalue weighted by Gasteiger charge is -2.32. The van der Waals surface area contributed by atoms with Crippen molar-refractivity contribution in [1.82, 2.24) is 0 Å². The molecule has 0 aromatic heterocycles. The van der Waals surface area contributed by atoms with E-state index in [1.54, 1.807) is 6.08 Å². The molecule has 3 atom stereocenters. The molecule has 1 aliphatic rings. The van der Waals surface area contributed by atoms with Gasteiger partial charge in [0.2, 0.25) is 0 Å². The predicted molar refractivity (Wildman–Crippen MR) is 75.3 cm³/mol. The van der Waals surface area contributed by atoms with E-state index >= 15 is 0 Å². The fourth-order valence-corrected chi connectivity index (χ4v) is 2.05. The van der Waals surface area contributed by atoms with Crippen molar-refractivity contribution in [3.63, 3.8) is 0 Å². The zero-order chi connectivity index (χ0) is 14.4. The minimum Gasteiger partial charge on any atom is -0.496 e. The normalized spacial score (nSPS) is 25.0. The van der Waals surface area contributed by atoms with Crippen molar-refractivity contribution in [1.29, 1.82) is 0 Å². The predicted octanol–water partition coefficient (Wildman–Crippen LogP) is 2.65. The van der Waals surface area contributed by atoms with E-state index in [2.05, 4.69) is 0 Å². The van der Waals surface area contributed by atoms with Crippen molar-refractivity contribution in [3.8, 4) is 0 Å². The Morgan fingerprint density at radius 1 is 1.35 bits per heavy atom. The lowest BCUT2D eigenvalue weighted by atomic mass is 10.1. The Morgan fingerprint density at radius 3 is 2.80 bits per heavy atom. The Kier molecular flexibility index (Phi) is 5.44. The van der Waals surface area contributed by atoms with E-state index in [9.17, 15) is 4.79 Å². The zero-order valence-electron chi connectivity index (χ0n) is 11.2. The van der Waals surface area contributed by atoms with Gasteiger partial charge in [-0.1, -0.05) is 30.3 Å². The molecule has 0 unspecified atom stereocenters. The fourth-order valence-electron chi connectivity index (χ4n) is 1.99. The number of halogens is 1. The Balaban J connectivity index is 1.98. The van der Waals surface area contributed by atoms with Gasteiger partial charge in [-0.15, -0.1) is 11.6 Å². The number of rotatable bonds is 5. The quantitative estimate of drug-likeness (QED) is 0.619. The summed E-state index contributed by atoms with van der Waals surface area (Å²) in [5.74, 6) is -0.644. The molecular formula is C15H17ClO4. The molecule has 4 nitrogen and oxygen atoms in total. The van der Waals surface area contributed by atoms with Crippen LogP contribution in [0.5, 0.6) is 0 Å². The van der Waals surface area contributed by atoms with Crippen LogP contribution in [0.4, 0.5) is 0 Å². The third-order valence-electron chi connectivity index (χ3n) is 3.01. The number of alkyl halides is 1. The maximum absolute atomic E-state index is 11.3. The molecule has 0 saturated heterocycles. The van der Waals surface area contributed by atoms with E-state index in [0.717, 1.165) is 5.56 Å². The van der Waals surface area contributed by atoms with E-state index in [4.69, 9.17) is 25.8 Å². The highest BCUT2D eigenvalue weighted by molar-refractivity contribution is 6.26. The second-order valence-electron chi connectivity index (χ2n) is 4.52. The van der Waals surface area contributed by atoms with Gasteiger partial charge in [0.05, 0.1) is 12.9 Å². The van der Waals surface area contributed by atoms with Gasteiger partial charge in [-0.2, -0.15) is 0 Å². The summed E-state index contributed by atoms with van der Waals surface area (Å²) in [6.07, 6.45) is 2.16. The number of carbonyl (C=O) groups is 1. The summed E-state index contributed by atoms with van der Waals surface area (Å²) in [4.78, 5) is 11.3. The van der Waals surface area contributed by atoms with Crippen molar-refractivity contribution in [2.24, 2.45) is 0 Å². The number of benzene rings is 1. The molecule has 1 aromatic carbocycles. The van der Waals surface area contributed by atoms with Gasteiger partial charge in [-0.25, -0.2) is 0 Å². The van der Waals surface area contributed by atoms with Crippen LogP contribution in [0, 0.1) is 0 Å². The topological polar surface area (TPSA) is 44.8 Å². The maximum Gasteiger partial charge on any atom is 0.321 e. The standard InChI is InChI=1S/C15H17ClO4/c1-11-15(19-10-12-5-3-2-4-6-12)13(7-8-18-11)20-14(17)9-16/h2-8,11,13,15H,9-10H2,1H3/t11-,13-,15+/m0/s1. The molecule has 20 heavy (non-hydrogen) atoms. The smallest absolute Gasteiger partial charge is 0.321 e. The second-order valence-corrected chi connectivity index (χ2v) is 4.79. The van der Waals surface area contributed by atoms with Crippen LogP contribution in [0.25, 0.3) is 0 Å². The van der Waals surface area contributed by atoms with E-state index in [0.29, 0.717) is 6.61 Å². The Bertz CT molecular complexity index is 460. The molecule has 0 bridgehead atoms. The van der Waals surface area contributed by atoms with E-state index in [1.807, 2.05) is 37.3 Å². The third kappa shape index (κ3) is 3.99. The number of esters is 1. The first-order valence-corrected chi connectivity index (χ1v) is 6.97. The molecule has 0 spiro atoms. The molecule has 0 amide bonds. The lowest BCUT2D eigenvalue weighted by molar-refractivity contribution is -0.160. The van der Waals surface area contributed by atoms with Gasteiger partial charge in [-0.3, -0.25) is 4.79 Å². The highest BCUT2D eigenvalue weighted by Crippen LogP contribution is 2.20. The minimum atomic E-state index is -0.478. The van der Waals surface area contributed by atoms with Crippen molar-refractivity contribution >= 4 is 17.6 Å². The minimum absolute atomic E-state index is 0.176. The van der Waals surface area contributed by atoms with Crippen LogP contribution in [0.15, 0.2) is 42.7 Å². The molecule has 2 rings (SSSR count). The monoisotopic (exact) mass is 296 g/mol. The number of hydrogen-bond donors (Lipinski definition) is 0. The van der Waals surface area contributed by atoms with Crippen LogP contribution in [0.1, 0.15) is 12.5 Å². The Morgan fingerprint density at radius 2 is 2.10 bits per heavy atom. The molecule has 0 radical (unpaired) electrons. The van der Waals surface area contributed by atoms with Crippen molar-refractivity contribution in [2.75, 3.05) is 5.88 Å². The van der Waals surface area contributed by atoms with Crippen LogP contribution in [-0.4, -0.2) is 30.2 Å². The van der Waals surface area contributed by atoms with Crippen LogP contribution in [0.3, 0.4) is 0 Å². The average Bonchev–Trinajstić information content (AvgIpc) is 2.47. The molecule has 108 valence electrons. The summed E-state index contributed by atoms with van der Waals surface area (Å²) < 4.78 is 16.5. The third-order valence-corrected chi connectivity index (χ3v) is 3.23. The largest absolute Gasteiger partial charge is 0.496 e. The average molecular weight is 297 g/mol. The first kappa shape index (κ1) is 14.9. The summed E-state index contributed by atoms with van der Waals surface area (Å²) in [6, 6.07) is 9.80. The molecule has 5 heteroatoms. The van der Waals surface area contributed by atoms with Gasteiger partial charge in [0.25, 0.3) is 0 Å². The van der Waals surface area contributed by atoms with Crippen molar-refractivity contribution in [3.05, 3.63) is 48.2 Å². The van der Waals surface area contributed by atoms with Crippen LogP contribution < -0.4 is 0 Å². The van der Waals surface area contributed by atoms with Gasteiger partial charge in [0.1, 0.15) is 18.1 Å². The molecular weight excluding hydrogens is 280 g/mol. The molecule has 1 heterocycles. The summed E-state index contributed by atoms with van der Waals surface area (Å²) >= 11 is 5.46. The molecule has 0 aliphatic carbocycles. The zero-order valence-corrected chi connectivity index (χ0v) is 12.0. The van der Waals surface area contributed by atoms with Crippen LogP contribution in [-0.2, 0) is 25.6 Å². The lowest BCUT2D eigenvalue weighted by Crippen LogP contribution is -2.43. The molecule has 0 saturated carbocycles. The van der Waals surface area contributed by atoms with E-state index in [-0.39, 0.29) is 18.1 Å². The fraction of sp³-hybridized carbons (Fsp3) is 0.400. The highest BCUT2D eigenvalue weighted by atomic mass is 35.5. The Hall–Kier alpha value is -1.52. The first-order valence-electron chi connectivity index (χ1n) is 6.44. The number of carbonyl (C=O) groups excluding carboxylic acids is 1. The Labute approximate surface area is 123 Å². The van der Waals surface area contributed by atoms with Crippen LogP contribution in [0.2, 0.25) is 0 Å². The number of ether oxygens (including phenoxy) is 3. The van der Waals surface area contributed by atoms with Gasteiger partial charge in [0, 0.05) is 0 Å². The summed E-state index contributed by atoms with van der Waals surface area (Å²) in [7, 11) is 0. The van der Waals surface area contributed by atoms with Gasteiger partial charge in [-0.05, 0) is 18.6 Å². The van der Waals surface area contributed by atoms with E-state index in [1.165, 1.54) is 6.26 Å². The summed E-state index contributed by atoms with van der Waals surface area (Å²) in [6.45, 7) is 2.31. The molecule has 1 aliphatic heterocycles. The highest BCUT2D eigenvalue weighted by Gasteiger charge is 2.32. The van der Waals surface area contributed by atoms with Crippen LogP contribution >= 0.6 is 11.6 Å². The first-order chi connectivity index (χ1) is 9.70. The van der Waals surface area contributed by atoms with Gasteiger partial charge < -0.3 is 14.2 Å². The SMILES string of the molecule is C[C@@H]1OC=C[C@H](OC(=O)CCl)[C@@H]1OCc1ccccc1. The molecule has 0 fully saturated rings. The van der Waals surface area contributed by atoms with Gasteiger partial charge >= 0.3 is 5.97 Å². The van der Waals surface area contributed by atoms with Gasteiger partial charge in [0.15, 0.2) is 6.10 Å². The van der Waals surface area contributed by atoms with Crippen molar-refractivity contribution in [2.45, 2.75) is 31.8 Å². The molecule has 0 N–H and O–H groups in total. The second kappa shape index (κ2) is 7.31. The number of hydrogen-bond acceptors (Lipinski definition) is 4. The summed E-state index contributed by atoms with van der Waals surface area (Å²) in [5.41, 5.74) is 1.05.